The van der Waals surface area contributed by atoms with Gasteiger partial charge in [-0.2, -0.15) is 0 Å². The van der Waals surface area contributed by atoms with Crippen LogP contribution in [-0.2, 0) is 16.4 Å². The number of rotatable bonds is 9. The summed E-state index contributed by atoms with van der Waals surface area (Å²) < 4.78 is 34.3. The summed E-state index contributed by atoms with van der Waals surface area (Å²) in [4.78, 5) is 8.01. The quantitative estimate of drug-likeness (QED) is 0.428. The second-order valence-electron chi connectivity index (χ2n) is 9.77. The molecule has 1 aliphatic carbocycles. The Bertz CT molecular complexity index is 1310. The molecule has 2 heterocycles. The average molecular weight is 512 g/mol. The number of hydrogen-bond donors (Lipinski definition) is 1. The summed E-state index contributed by atoms with van der Waals surface area (Å²) in [5, 5.41) is 0.970. The molecular formula is C27H33N3O3S2. The van der Waals surface area contributed by atoms with Gasteiger partial charge in [0.05, 0.1) is 16.7 Å². The van der Waals surface area contributed by atoms with Gasteiger partial charge >= 0.3 is 0 Å². The molecule has 8 heteroatoms. The van der Waals surface area contributed by atoms with Crippen LogP contribution in [0.3, 0.4) is 0 Å². The number of fused-ring (bicyclic) bond motifs is 1. The molecule has 0 spiro atoms. The first-order valence-electron chi connectivity index (χ1n) is 12.4. The van der Waals surface area contributed by atoms with Gasteiger partial charge in [0.15, 0.2) is 0 Å². The highest BCUT2D eigenvalue weighted by molar-refractivity contribution is 7.89. The van der Waals surface area contributed by atoms with Gasteiger partial charge in [0, 0.05) is 24.3 Å². The molecule has 1 fully saturated rings. The van der Waals surface area contributed by atoms with Crippen LogP contribution in [0.1, 0.15) is 49.4 Å². The molecule has 2 aromatic carbocycles. The molecule has 2 aliphatic rings. The molecule has 1 unspecified atom stereocenters. The Morgan fingerprint density at radius 2 is 2.06 bits per heavy atom. The standard InChI is InChI=1S/C27H33N3O3S2/c1-18(2)33-25-11-8-20(16-19(25)3)27-28-17-26(34-27)23-7-4-6-22-21(23)9-10-24(22)29-35(31,32)15-14-30-12-5-13-30/h4,6-8,11,16-18,24,29H,5,9-10,12-15H2,1-3H3. The van der Waals surface area contributed by atoms with Crippen molar-refractivity contribution in [1.82, 2.24) is 14.6 Å². The van der Waals surface area contributed by atoms with Gasteiger partial charge in [-0.15, -0.1) is 11.3 Å². The number of sulfonamides is 1. The fourth-order valence-corrected chi connectivity index (χ4v) is 7.10. The maximum absolute atomic E-state index is 12.7. The van der Waals surface area contributed by atoms with E-state index in [9.17, 15) is 8.42 Å². The number of aryl methyl sites for hydroxylation is 1. The van der Waals surface area contributed by atoms with Crippen molar-refractivity contribution < 1.29 is 13.2 Å². The van der Waals surface area contributed by atoms with Crippen LogP contribution in [0.5, 0.6) is 5.75 Å². The van der Waals surface area contributed by atoms with Crippen LogP contribution in [-0.4, -0.2) is 49.8 Å². The Hall–Kier alpha value is -2.26. The van der Waals surface area contributed by atoms with Crippen LogP contribution in [0.4, 0.5) is 0 Å². The third-order valence-corrected chi connectivity index (χ3v) is 9.22. The van der Waals surface area contributed by atoms with Crippen molar-refractivity contribution in [3.8, 4) is 26.8 Å². The van der Waals surface area contributed by atoms with E-state index in [2.05, 4.69) is 40.8 Å². The molecule has 1 N–H and O–H groups in total. The normalized spacial score (nSPS) is 18.0. The molecule has 1 saturated heterocycles. The van der Waals surface area contributed by atoms with Gasteiger partial charge in [-0.1, -0.05) is 18.2 Å². The first kappa shape index (κ1) is 24.4. The summed E-state index contributed by atoms with van der Waals surface area (Å²) >= 11 is 1.67. The fourth-order valence-electron chi connectivity index (χ4n) is 4.84. The summed E-state index contributed by atoms with van der Waals surface area (Å²) in [7, 11) is -3.32. The highest BCUT2D eigenvalue weighted by atomic mass is 32.2. The van der Waals surface area contributed by atoms with Crippen LogP contribution >= 0.6 is 11.3 Å². The van der Waals surface area contributed by atoms with Crippen LogP contribution in [0.2, 0.25) is 0 Å². The number of aromatic nitrogens is 1. The monoisotopic (exact) mass is 511 g/mol. The van der Waals surface area contributed by atoms with Gasteiger partial charge in [0.2, 0.25) is 10.0 Å². The van der Waals surface area contributed by atoms with Gasteiger partial charge in [0.1, 0.15) is 10.8 Å². The molecule has 6 nitrogen and oxygen atoms in total. The Morgan fingerprint density at radius 3 is 2.77 bits per heavy atom. The topological polar surface area (TPSA) is 71.5 Å². The molecule has 1 atom stereocenters. The molecule has 1 aliphatic heterocycles. The van der Waals surface area contributed by atoms with Gasteiger partial charge < -0.3 is 9.64 Å². The number of likely N-dealkylation sites (tertiary alicyclic amines) is 1. The van der Waals surface area contributed by atoms with E-state index in [4.69, 9.17) is 9.72 Å². The van der Waals surface area contributed by atoms with Crippen molar-refractivity contribution in [2.24, 2.45) is 0 Å². The molecule has 0 radical (unpaired) electrons. The Labute approximate surface area is 212 Å². The maximum Gasteiger partial charge on any atom is 0.213 e. The number of thiazole rings is 1. The van der Waals surface area contributed by atoms with Crippen LogP contribution in [0, 0.1) is 6.92 Å². The minimum absolute atomic E-state index is 0.139. The summed E-state index contributed by atoms with van der Waals surface area (Å²) in [5.41, 5.74) is 5.66. The lowest BCUT2D eigenvalue weighted by Gasteiger charge is -2.30. The lowest BCUT2D eigenvalue weighted by Crippen LogP contribution is -2.42. The average Bonchev–Trinajstić information content (AvgIpc) is 3.41. The van der Waals surface area contributed by atoms with E-state index >= 15 is 0 Å². The molecular weight excluding hydrogens is 478 g/mol. The zero-order valence-electron chi connectivity index (χ0n) is 20.6. The zero-order chi connectivity index (χ0) is 24.6. The smallest absolute Gasteiger partial charge is 0.213 e. The molecule has 0 saturated carbocycles. The number of nitrogens with zero attached hydrogens (tertiary/aromatic N) is 2. The van der Waals surface area contributed by atoms with Crippen molar-refractivity contribution in [3.05, 3.63) is 59.3 Å². The summed E-state index contributed by atoms with van der Waals surface area (Å²) in [6.45, 7) is 8.76. The van der Waals surface area contributed by atoms with Gasteiger partial charge in [-0.3, -0.25) is 0 Å². The van der Waals surface area contributed by atoms with E-state index in [0.29, 0.717) is 6.54 Å². The number of benzene rings is 2. The number of hydrogen-bond acceptors (Lipinski definition) is 6. The molecule has 1 aromatic heterocycles. The van der Waals surface area contributed by atoms with E-state index < -0.39 is 10.0 Å². The SMILES string of the molecule is Cc1cc(-c2ncc(-c3cccc4c3CCC4NS(=O)(=O)CCN3CCC3)s2)ccc1OC(C)C. The van der Waals surface area contributed by atoms with Crippen molar-refractivity contribution >= 4 is 21.4 Å². The largest absolute Gasteiger partial charge is 0.491 e. The van der Waals surface area contributed by atoms with E-state index in [-0.39, 0.29) is 17.9 Å². The minimum Gasteiger partial charge on any atom is -0.491 e. The van der Waals surface area contributed by atoms with E-state index in [1.807, 2.05) is 32.2 Å². The van der Waals surface area contributed by atoms with Gasteiger partial charge in [-0.25, -0.2) is 18.1 Å². The highest BCUT2D eigenvalue weighted by Gasteiger charge is 2.29. The van der Waals surface area contributed by atoms with E-state index in [0.717, 1.165) is 63.8 Å². The predicted molar refractivity (Wildman–Crippen MR) is 143 cm³/mol. The fraction of sp³-hybridized carbons (Fsp3) is 0.444. The molecule has 0 bridgehead atoms. The Kier molecular flexibility index (Phi) is 6.99. The van der Waals surface area contributed by atoms with Gasteiger partial charge in [-0.05, 0) is 93.6 Å². The summed E-state index contributed by atoms with van der Waals surface area (Å²) in [6, 6.07) is 12.3. The Balaban J connectivity index is 1.34. The van der Waals surface area contributed by atoms with E-state index in [1.165, 1.54) is 12.0 Å². The van der Waals surface area contributed by atoms with Crippen molar-refractivity contribution in [1.29, 1.82) is 0 Å². The van der Waals surface area contributed by atoms with E-state index in [1.54, 1.807) is 11.3 Å². The number of ether oxygens (including phenoxy) is 1. The lowest BCUT2D eigenvalue weighted by molar-refractivity contribution is 0.193. The highest BCUT2D eigenvalue weighted by Crippen LogP contribution is 2.41. The lowest BCUT2D eigenvalue weighted by atomic mass is 10.0. The van der Waals surface area contributed by atoms with Crippen molar-refractivity contribution in [2.75, 3.05) is 25.4 Å². The van der Waals surface area contributed by atoms with Gasteiger partial charge in [0.25, 0.3) is 0 Å². The Morgan fingerprint density at radius 1 is 1.23 bits per heavy atom. The maximum atomic E-state index is 12.7. The zero-order valence-corrected chi connectivity index (χ0v) is 22.2. The minimum atomic E-state index is -3.32. The predicted octanol–water partition coefficient (Wildman–Crippen LogP) is 5.19. The van der Waals surface area contributed by atoms with Crippen LogP contribution in [0.15, 0.2) is 42.6 Å². The van der Waals surface area contributed by atoms with Crippen LogP contribution < -0.4 is 9.46 Å². The molecule has 0 amide bonds. The molecule has 186 valence electrons. The summed E-state index contributed by atoms with van der Waals surface area (Å²) in [6.07, 6.45) is 4.90. The third-order valence-electron chi connectivity index (χ3n) is 6.77. The molecule has 35 heavy (non-hydrogen) atoms. The third kappa shape index (κ3) is 5.45. The molecule has 5 rings (SSSR count). The second-order valence-corrected chi connectivity index (χ2v) is 12.7. The molecule has 3 aromatic rings. The van der Waals surface area contributed by atoms with Crippen molar-refractivity contribution in [3.63, 3.8) is 0 Å². The second kappa shape index (κ2) is 10.0. The first-order valence-corrected chi connectivity index (χ1v) is 14.8. The summed E-state index contributed by atoms with van der Waals surface area (Å²) in [5.74, 6) is 1.07. The van der Waals surface area contributed by atoms with Crippen LogP contribution in [0.25, 0.3) is 21.0 Å². The first-order chi connectivity index (χ1) is 16.8. The number of nitrogens with one attached hydrogen (secondary N) is 1. The van der Waals surface area contributed by atoms with Crippen molar-refractivity contribution in [2.45, 2.75) is 52.2 Å².